The summed E-state index contributed by atoms with van der Waals surface area (Å²) in [6.07, 6.45) is 0. The van der Waals surface area contributed by atoms with Crippen LogP contribution in [-0.4, -0.2) is 13.2 Å². The van der Waals surface area contributed by atoms with E-state index in [0.29, 0.717) is 13.2 Å². The third-order valence-corrected chi connectivity index (χ3v) is 1.21. The second-order valence-electron chi connectivity index (χ2n) is 2.03. The number of ether oxygens (including phenoxy) is 1. The van der Waals surface area contributed by atoms with Gasteiger partial charge in [0.2, 0.25) is 0 Å². The monoisotopic (exact) mass is 189 g/mol. The van der Waals surface area contributed by atoms with Gasteiger partial charge in [-0.25, -0.2) is 5.90 Å². The molecule has 2 N–H and O–H groups in total. The zero-order valence-corrected chi connectivity index (χ0v) is 7.42. The molecule has 0 aliphatic heterocycles. The van der Waals surface area contributed by atoms with E-state index in [0.717, 1.165) is 5.75 Å². The zero-order valence-electron chi connectivity index (χ0n) is 6.60. The normalized spacial score (nSPS) is 8.75. The van der Waals surface area contributed by atoms with Crippen LogP contribution in [0.15, 0.2) is 30.3 Å². The van der Waals surface area contributed by atoms with E-state index in [2.05, 4.69) is 4.84 Å². The molecule has 1 rings (SSSR count). The van der Waals surface area contributed by atoms with Crippen LogP contribution < -0.4 is 10.6 Å². The molecule has 4 heteroatoms. The van der Waals surface area contributed by atoms with E-state index >= 15 is 0 Å². The highest BCUT2D eigenvalue weighted by molar-refractivity contribution is 5.85. The molecule has 0 amide bonds. The molecule has 0 atom stereocenters. The number of benzene rings is 1. The molecule has 0 radical (unpaired) electrons. The number of para-hydroxylation sites is 1. The Bertz CT molecular complexity index is 194. The first-order valence-electron chi connectivity index (χ1n) is 3.43. The van der Waals surface area contributed by atoms with Gasteiger partial charge in [0.15, 0.2) is 0 Å². The van der Waals surface area contributed by atoms with Crippen LogP contribution in [0.25, 0.3) is 0 Å². The fourth-order valence-corrected chi connectivity index (χ4v) is 0.724. The first-order valence-corrected chi connectivity index (χ1v) is 3.43. The van der Waals surface area contributed by atoms with Crippen molar-refractivity contribution in [3.8, 4) is 5.75 Å². The maximum absolute atomic E-state index is 5.24. The lowest BCUT2D eigenvalue weighted by Crippen LogP contribution is -2.09. The Morgan fingerprint density at radius 1 is 1.08 bits per heavy atom. The lowest BCUT2D eigenvalue weighted by molar-refractivity contribution is 0.102. The first-order chi connectivity index (χ1) is 5.43. The van der Waals surface area contributed by atoms with Crippen LogP contribution >= 0.6 is 12.4 Å². The van der Waals surface area contributed by atoms with Crippen molar-refractivity contribution in [2.24, 2.45) is 5.90 Å². The highest BCUT2D eigenvalue weighted by Crippen LogP contribution is 2.07. The lowest BCUT2D eigenvalue weighted by atomic mass is 10.3. The Morgan fingerprint density at radius 3 is 2.33 bits per heavy atom. The fourth-order valence-electron chi connectivity index (χ4n) is 0.724. The minimum Gasteiger partial charge on any atom is -0.491 e. The summed E-state index contributed by atoms with van der Waals surface area (Å²) in [5.41, 5.74) is 0. The summed E-state index contributed by atoms with van der Waals surface area (Å²) in [6.45, 7) is 0.898. The number of nitrogens with two attached hydrogens (primary N) is 1. The molecule has 1 aromatic rings. The SMILES string of the molecule is Cl.NOCCOc1ccccc1. The smallest absolute Gasteiger partial charge is 0.119 e. The third kappa shape index (κ3) is 4.18. The molecule has 68 valence electrons. The summed E-state index contributed by atoms with van der Waals surface area (Å²) >= 11 is 0. The van der Waals surface area contributed by atoms with E-state index in [-0.39, 0.29) is 12.4 Å². The maximum atomic E-state index is 5.24. The fraction of sp³-hybridized carbons (Fsp3) is 0.250. The standard InChI is InChI=1S/C8H11NO2.ClH/c9-11-7-6-10-8-4-2-1-3-5-8;/h1-5H,6-7,9H2;1H. The van der Waals surface area contributed by atoms with Crippen LogP contribution in [0.5, 0.6) is 5.75 Å². The molecular formula is C8H12ClNO2. The van der Waals surface area contributed by atoms with Crippen LogP contribution in [0.2, 0.25) is 0 Å². The Morgan fingerprint density at radius 2 is 1.75 bits per heavy atom. The van der Waals surface area contributed by atoms with Crippen molar-refractivity contribution in [3.63, 3.8) is 0 Å². The van der Waals surface area contributed by atoms with Crippen LogP contribution in [0.1, 0.15) is 0 Å². The Kier molecular flexibility index (Phi) is 6.47. The predicted octanol–water partition coefficient (Wildman–Crippen LogP) is 1.38. The van der Waals surface area contributed by atoms with Gasteiger partial charge in [-0.05, 0) is 12.1 Å². The molecule has 1 aromatic carbocycles. The number of rotatable bonds is 4. The van der Waals surface area contributed by atoms with Gasteiger partial charge in [-0.3, -0.25) is 0 Å². The van der Waals surface area contributed by atoms with Gasteiger partial charge in [-0.2, -0.15) is 0 Å². The molecule has 0 saturated heterocycles. The van der Waals surface area contributed by atoms with Crippen molar-refractivity contribution in [2.45, 2.75) is 0 Å². The Labute approximate surface area is 77.8 Å². The second-order valence-corrected chi connectivity index (χ2v) is 2.03. The molecule has 0 bridgehead atoms. The van der Waals surface area contributed by atoms with Crippen LogP contribution in [0.4, 0.5) is 0 Å². The van der Waals surface area contributed by atoms with Crippen molar-refractivity contribution in [2.75, 3.05) is 13.2 Å². The van der Waals surface area contributed by atoms with E-state index < -0.39 is 0 Å². The summed E-state index contributed by atoms with van der Waals surface area (Å²) in [6, 6.07) is 9.54. The van der Waals surface area contributed by atoms with Gasteiger partial charge in [-0.1, -0.05) is 18.2 Å². The first kappa shape index (κ1) is 11.2. The summed E-state index contributed by atoms with van der Waals surface area (Å²) in [4.78, 5) is 4.34. The molecule has 0 aliphatic carbocycles. The molecule has 12 heavy (non-hydrogen) atoms. The summed E-state index contributed by atoms with van der Waals surface area (Å²) in [5.74, 6) is 5.65. The molecule has 3 nitrogen and oxygen atoms in total. The van der Waals surface area contributed by atoms with Crippen LogP contribution in [0.3, 0.4) is 0 Å². The maximum Gasteiger partial charge on any atom is 0.119 e. The van der Waals surface area contributed by atoms with Crippen molar-refractivity contribution in [1.82, 2.24) is 0 Å². The number of hydrogen-bond donors (Lipinski definition) is 1. The van der Waals surface area contributed by atoms with E-state index in [4.69, 9.17) is 10.6 Å². The number of halogens is 1. The van der Waals surface area contributed by atoms with E-state index in [9.17, 15) is 0 Å². The van der Waals surface area contributed by atoms with Gasteiger partial charge in [0.1, 0.15) is 19.0 Å². The zero-order chi connectivity index (χ0) is 7.94. The van der Waals surface area contributed by atoms with Crippen molar-refractivity contribution in [3.05, 3.63) is 30.3 Å². The molecule has 0 spiro atoms. The van der Waals surface area contributed by atoms with Gasteiger partial charge in [0, 0.05) is 0 Å². The van der Waals surface area contributed by atoms with Crippen molar-refractivity contribution in [1.29, 1.82) is 0 Å². The highest BCUT2D eigenvalue weighted by Gasteiger charge is 1.88. The molecule has 0 heterocycles. The average Bonchev–Trinajstić information content (AvgIpc) is 2.07. The van der Waals surface area contributed by atoms with Crippen molar-refractivity contribution < 1.29 is 9.57 Å². The molecule has 0 unspecified atom stereocenters. The largest absolute Gasteiger partial charge is 0.491 e. The Balaban J connectivity index is 0.00000121. The van der Waals surface area contributed by atoms with Gasteiger partial charge in [0.05, 0.1) is 0 Å². The molecular weight excluding hydrogens is 178 g/mol. The van der Waals surface area contributed by atoms with Gasteiger partial charge in [0.25, 0.3) is 0 Å². The van der Waals surface area contributed by atoms with Gasteiger partial charge in [-0.15, -0.1) is 12.4 Å². The lowest BCUT2D eigenvalue weighted by Gasteiger charge is -2.03. The highest BCUT2D eigenvalue weighted by atomic mass is 35.5. The molecule has 0 aromatic heterocycles. The minimum atomic E-state index is 0. The summed E-state index contributed by atoms with van der Waals surface area (Å²) in [7, 11) is 0. The van der Waals surface area contributed by atoms with Crippen molar-refractivity contribution >= 4 is 12.4 Å². The number of hydrogen-bond acceptors (Lipinski definition) is 3. The topological polar surface area (TPSA) is 44.5 Å². The molecule has 0 saturated carbocycles. The summed E-state index contributed by atoms with van der Waals surface area (Å²) < 4.78 is 5.24. The van der Waals surface area contributed by atoms with Gasteiger partial charge < -0.3 is 9.57 Å². The second kappa shape index (κ2) is 6.91. The van der Waals surface area contributed by atoms with E-state index in [1.54, 1.807) is 0 Å². The van der Waals surface area contributed by atoms with E-state index in [1.807, 2.05) is 30.3 Å². The Hall–Kier alpha value is -0.770. The average molecular weight is 190 g/mol. The molecule has 0 fully saturated rings. The quantitative estimate of drug-likeness (QED) is 0.575. The molecule has 0 aliphatic rings. The van der Waals surface area contributed by atoms with Crippen LogP contribution in [-0.2, 0) is 4.84 Å². The minimum absolute atomic E-state index is 0. The third-order valence-electron chi connectivity index (χ3n) is 1.21. The summed E-state index contributed by atoms with van der Waals surface area (Å²) in [5, 5.41) is 0. The predicted molar refractivity (Wildman–Crippen MR) is 49.3 cm³/mol. The van der Waals surface area contributed by atoms with E-state index in [1.165, 1.54) is 0 Å². The van der Waals surface area contributed by atoms with Gasteiger partial charge >= 0.3 is 0 Å². The van der Waals surface area contributed by atoms with Crippen LogP contribution in [0, 0.1) is 0 Å².